The predicted molar refractivity (Wildman–Crippen MR) is 85.5 cm³/mol. The number of benzene rings is 2. The minimum Gasteiger partial charge on any atom is -0.496 e. The number of nitrogens with one attached hydrogen (secondary N) is 1. The molecule has 0 aliphatic carbocycles. The lowest BCUT2D eigenvalue weighted by atomic mass is 10.2. The number of halogens is 1. The van der Waals surface area contributed by atoms with E-state index in [9.17, 15) is 0 Å². The third-order valence-corrected chi connectivity index (χ3v) is 3.91. The third-order valence-electron chi connectivity index (χ3n) is 3.06. The van der Waals surface area contributed by atoms with Crippen LogP contribution < -0.4 is 4.74 Å². The number of ether oxygens (including phenoxy) is 1. The van der Waals surface area contributed by atoms with Crippen molar-refractivity contribution in [3.05, 3.63) is 45.5 Å². The Labute approximate surface area is 125 Å². The molecule has 1 N–H and O–H groups in total. The molecular formula is C15H13IN2O. The Morgan fingerprint density at radius 3 is 2.74 bits per heavy atom. The number of aromatic amines is 1. The molecule has 1 aromatic heterocycles. The minimum atomic E-state index is 0.885. The number of fused-ring (bicyclic) bond motifs is 1. The first kappa shape index (κ1) is 12.5. The number of imidazole rings is 1. The average Bonchev–Trinajstić information content (AvgIpc) is 2.81. The zero-order valence-corrected chi connectivity index (χ0v) is 12.9. The summed E-state index contributed by atoms with van der Waals surface area (Å²) in [6.45, 7) is 2.08. The Morgan fingerprint density at radius 2 is 2.00 bits per heavy atom. The number of rotatable bonds is 2. The molecule has 96 valence electrons. The Morgan fingerprint density at radius 1 is 1.16 bits per heavy atom. The van der Waals surface area contributed by atoms with Crippen LogP contribution >= 0.6 is 22.6 Å². The maximum Gasteiger partial charge on any atom is 0.138 e. The highest BCUT2D eigenvalue weighted by Gasteiger charge is 2.08. The summed E-state index contributed by atoms with van der Waals surface area (Å²) < 4.78 is 6.35. The topological polar surface area (TPSA) is 37.9 Å². The van der Waals surface area contributed by atoms with Crippen LogP contribution in [0.1, 0.15) is 5.56 Å². The number of aryl methyl sites for hydroxylation is 1. The van der Waals surface area contributed by atoms with Gasteiger partial charge in [-0.15, -0.1) is 0 Å². The predicted octanol–water partition coefficient (Wildman–Crippen LogP) is 4.15. The van der Waals surface area contributed by atoms with Crippen LogP contribution in [0.25, 0.3) is 22.4 Å². The normalized spacial score (nSPS) is 10.9. The lowest BCUT2D eigenvalue weighted by Gasteiger charge is -2.04. The standard InChI is InChI=1S/C15H13IN2O/c1-9-3-5-12-13(7-9)18-15(17-12)10-4-6-14(19-2)11(16)8-10/h3-8H,1-2H3,(H,17,18). The van der Waals surface area contributed by atoms with E-state index in [1.165, 1.54) is 5.56 Å². The first-order valence-corrected chi connectivity index (χ1v) is 7.05. The van der Waals surface area contributed by atoms with E-state index in [2.05, 4.69) is 57.7 Å². The Kier molecular flexibility index (Phi) is 3.18. The Bertz CT molecular complexity index is 749. The number of hydrogen-bond acceptors (Lipinski definition) is 2. The van der Waals surface area contributed by atoms with Gasteiger partial charge in [0.25, 0.3) is 0 Å². The molecule has 0 aliphatic heterocycles. The van der Waals surface area contributed by atoms with Gasteiger partial charge >= 0.3 is 0 Å². The summed E-state index contributed by atoms with van der Waals surface area (Å²) >= 11 is 2.27. The molecule has 3 aromatic rings. The summed E-state index contributed by atoms with van der Waals surface area (Å²) in [5.74, 6) is 1.78. The average molecular weight is 364 g/mol. The molecule has 0 atom stereocenters. The SMILES string of the molecule is COc1ccc(-c2nc3ccc(C)cc3[nH]2)cc1I. The summed E-state index contributed by atoms with van der Waals surface area (Å²) in [4.78, 5) is 7.98. The fraction of sp³-hybridized carbons (Fsp3) is 0.133. The monoisotopic (exact) mass is 364 g/mol. The quantitative estimate of drug-likeness (QED) is 0.694. The van der Waals surface area contributed by atoms with Gasteiger partial charge in [0.05, 0.1) is 21.7 Å². The van der Waals surface area contributed by atoms with E-state index >= 15 is 0 Å². The first-order valence-electron chi connectivity index (χ1n) is 5.97. The van der Waals surface area contributed by atoms with Gasteiger partial charge in [-0.1, -0.05) is 6.07 Å². The second-order valence-electron chi connectivity index (χ2n) is 4.46. The Hall–Kier alpha value is -1.56. The number of H-pyrrole nitrogens is 1. The molecule has 0 radical (unpaired) electrons. The van der Waals surface area contributed by atoms with Crippen molar-refractivity contribution in [2.75, 3.05) is 7.11 Å². The van der Waals surface area contributed by atoms with Crippen LogP contribution in [0.3, 0.4) is 0 Å². The molecule has 19 heavy (non-hydrogen) atoms. The summed E-state index contributed by atoms with van der Waals surface area (Å²) in [7, 11) is 1.68. The van der Waals surface area contributed by atoms with Gasteiger partial charge in [-0.05, 0) is 65.4 Å². The molecule has 1 heterocycles. The number of nitrogens with zero attached hydrogens (tertiary/aromatic N) is 1. The van der Waals surface area contributed by atoms with E-state index in [0.717, 1.165) is 31.7 Å². The number of aromatic nitrogens is 2. The number of hydrogen-bond donors (Lipinski definition) is 1. The van der Waals surface area contributed by atoms with E-state index < -0.39 is 0 Å². The van der Waals surface area contributed by atoms with Gasteiger partial charge in [-0.2, -0.15) is 0 Å². The van der Waals surface area contributed by atoms with Crippen molar-refractivity contribution < 1.29 is 4.74 Å². The molecule has 0 spiro atoms. The maximum atomic E-state index is 5.27. The lowest BCUT2D eigenvalue weighted by Crippen LogP contribution is -1.88. The maximum absolute atomic E-state index is 5.27. The van der Waals surface area contributed by atoms with Crippen molar-refractivity contribution in [2.24, 2.45) is 0 Å². The van der Waals surface area contributed by atoms with Crippen LogP contribution in [0.4, 0.5) is 0 Å². The summed E-state index contributed by atoms with van der Waals surface area (Å²) in [5.41, 5.74) is 4.36. The fourth-order valence-corrected chi connectivity index (χ4v) is 2.81. The molecule has 0 unspecified atom stereocenters. The molecule has 0 fully saturated rings. The second kappa shape index (κ2) is 4.85. The first-order chi connectivity index (χ1) is 9.17. The van der Waals surface area contributed by atoms with E-state index in [4.69, 9.17) is 4.74 Å². The smallest absolute Gasteiger partial charge is 0.138 e. The van der Waals surface area contributed by atoms with Crippen LogP contribution in [-0.2, 0) is 0 Å². The van der Waals surface area contributed by atoms with Crippen LogP contribution in [0, 0.1) is 10.5 Å². The molecule has 3 nitrogen and oxygen atoms in total. The van der Waals surface area contributed by atoms with Crippen molar-refractivity contribution in [1.82, 2.24) is 9.97 Å². The van der Waals surface area contributed by atoms with Crippen molar-refractivity contribution in [3.63, 3.8) is 0 Å². The summed E-state index contributed by atoms with van der Waals surface area (Å²) in [5, 5.41) is 0. The molecular weight excluding hydrogens is 351 g/mol. The largest absolute Gasteiger partial charge is 0.496 e. The van der Waals surface area contributed by atoms with Crippen LogP contribution in [0.2, 0.25) is 0 Å². The number of methoxy groups -OCH3 is 1. The van der Waals surface area contributed by atoms with Gasteiger partial charge in [0.2, 0.25) is 0 Å². The molecule has 4 heteroatoms. The Balaban J connectivity index is 2.11. The molecule has 0 aliphatic rings. The molecule has 0 saturated carbocycles. The second-order valence-corrected chi connectivity index (χ2v) is 5.62. The molecule has 2 aromatic carbocycles. The van der Waals surface area contributed by atoms with E-state index in [0.29, 0.717) is 0 Å². The highest BCUT2D eigenvalue weighted by atomic mass is 127. The molecule has 0 saturated heterocycles. The van der Waals surface area contributed by atoms with Crippen LogP contribution in [-0.4, -0.2) is 17.1 Å². The van der Waals surface area contributed by atoms with Gasteiger partial charge < -0.3 is 9.72 Å². The van der Waals surface area contributed by atoms with Crippen molar-refractivity contribution in [1.29, 1.82) is 0 Å². The van der Waals surface area contributed by atoms with E-state index in [1.807, 2.05) is 18.2 Å². The van der Waals surface area contributed by atoms with E-state index in [-0.39, 0.29) is 0 Å². The molecule has 0 bridgehead atoms. The van der Waals surface area contributed by atoms with Crippen LogP contribution in [0.15, 0.2) is 36.4 Å². The fourth-order valence-electron chi connectivity index (χ4n) is 2.07. The van der Waals surface area contributed by atoms with E-state index in [1.54, 1.807) is 7.11 Å². The highest BCUT2D eigenvalue weighted by molar-refractivity contribution is 14.1. The van der Waals surface area contributed by atoms with Crippen molar-refractivity contribution >= 4 is 33.6 Å². The summed E-state index contributed by atoms with van der Waals surface area (Å²) in [6.07, 6.45) is 0. The van der Waals surface area contributed by atoms with Crippen molar-refractivity contribution in [2.45, 2.75) is 6.92 Å². The van der Waals surface area contributed by atoms with Gasteiger partial charge in [0, 0.05) is 5.56 Å². The molecule has 0 amide bonds. The zero-order chi connectivity index (χ0) is 13.4. The minimum absolute atomic E-state index is 0.885. The lowest BCUT2D eigenvalue weighted by molar-refractivity contribution is 0.412. The zero-order valence-electron chi connectivity index (χ0n) is 10.7. The third kappa shape index (κ3) is 2.32. The van der Waals surface area contributed by atoms with Gasteiger partial charge in [0.1, 0.15) is 11.6 Å². The highest BCUT2D eigenvalue weighted by Crippen LogP contribution is 2.27. The van der Waals surface area contributed by atoms with Gasteiger partial charge in [0.15, 0.2) is 0 Å². The van der Waals surface area contributed by atoms with Crippen molar-refractivity contribution in [3.8, 4) is 17.1 Å². The van der Waals surface area contributed by atoms with Gasteiger partial charge in [-0.25, -0.2) is 4.98 Å². The van der Waals surface area contributed by atoms with Gasteiger partial charge in [-0.3, -0.25) is 0 Å². The van der Waals surface area contributed by atoms with Crippen LogP contribution in [0.5, 0.6) is 5.75 Å². The molecule has 3 rings (SSSR count). The summed E-state index contributed by atoms with van der Waals surface area (Å²) in [6, 6.07) is 12.3.